The van der Waals surface area contributed by atoms with Crippen molar-refractivity contribution >= 4 is 36.1 Å². The van der Waals surface area contributed by atoms with E-state index in [1.165, 1.54) is 25.1 Å². The molecule has 9 nitrogen and oxygen atoms in total. The largest absolute Gasteiger partial charge is 0.481 e. The molecule has 0 aliphatic rings. The summed E-state index contributed by atoms with van der Waals surface area (Å²) in [4.78, 5) is 20.6. The van der Waals surface area contributed by atoms with Crippen LogP contribution in [0.4, 0.5) is 5.69 Å². The first kappa shape index (κ1) is 21.4. The fourth-order valence-electron chi connectivity index (χ4n) is 1.48. The summed E-state index contributed by atoms with van der Waals surface area (Å²) in [5, 5.41) is 18.8. The summed E-state index contributed by atoms with van der Waals surface area (Å²) in [5.41, 5.74) is 5.28. The van der Waals surface area contributed by atoms with E-state index in [0.29, 0.717) is 13.0 Å². The molecule has 0 saturated heterocycles. The van der Waals surface area contributed by atoms with E-state index in [1.807, 2.05) is 0 Å². The van der Waals surface area contributed by atoms with E-state index in [0.717, 1.165) is 6.42 Å². The van der Waals surface area contributed by atoms with Crippen LogP contribution in [0.5, 0.6) is 0 Å². The topological polar surface area (TPSA) is 159 Å². The number of amides is 1. The number of hydrogen-bond donors (Lipinski definition) is 5. The summed E-state index contributed by atoms with van der Waals surface area (Å²) < 4.78 is 24.1. The Kier molecular flexibility index (Phi) is 10.2. The molecule has 1 aromatic carbocycles. The van der Waals surface area contributed by atoms with E-state index in [1.54, 1.807) is 6.07 Å². The van der Waals surface area contributed by atoms with Crippen LogP contribution >= 0.6 is 0 Å². The molecule has 1 amide bonds. The number of rotatable bonds is 7. The van der Waals surface area contributed by atoms with E-state index in [-0.39, 0.29) is 22.4 Å². The van der Waals surface area contributed by atoms with Gasteiger partial charge in [0.05, 0.1) is 0 Å². The van der Waals surface area contributed by atoms with Gasteiger partial charge in [0.15, 0.2) is 0 Å². The van der Waals surface area contributed by atoms with Gasteiger partial charge in [0.25, 0.3) is 0 Å². The predicted molar refractivity (Wildman–Crippen MR) is 83.3 cm³/mol. The van der Waals surface area contributed by atoms with Crippen molar-refractivity contribution in [3.05, 3.63) is 24.3 Å². The Morgan fingerprint density at radius 2 is 1.91 bits per heavy atom. The van der Waals surface area contributed by atoms with Crippen molar-refractivity contribution in [1.29, 1.82) is 0 Å². The summed E-state index contributed by atoms with van der Waals surface area (Å²) in [7, 11) is 0. The zero-order valence-corrected chi connectivity index (χ0v) is 14.5. The summed E-state index contributed by atoms with van der Waals surface area (Å²) in [6.45, 7) is 1.86. The Morgan fingerprint density at radius 3 is 2.39 bits per heavy atom. The number of anilines is 1. The Morgan fingerprint density at radius 1 is 1.30 bits per heavy atom. The normalized spacial score (nSPS) is 12.5. The predicted octanol–water partition coefficient (Wildman–Crippen LogP) is -0.0967. The molecule has 0 radical (unpaired) electrons. The molecule has 0 spiro atoms. The van der Waals surface area contributed by atoms with E-state index in [2.05, 4.69) is 9.19 Å². The molecule has 0 aliphatic heterocycles. The number of aliphatic carboxylic acids is 1. The fourth-order valence-corrected chi connectivity index (χ4v) is 3.15. The smallest absolute Gasteiger partial charge is 0.303 e. The number of para-hydroxylation sites is 1. The van der Waals surface area contributed by atoms with Gasteiger partial charge in [-0.2, -0.15) is 0 Å². The van der Waals surface area contributed by atoms with Crippen LogP contribution in [-0.4, -0.2) is 47.1 Å². The van der Waals surface area contributed by atoms with E-state index >= 15 is 0 Å². The zero-order chi connectivity index (χ0) is 17.9. The molecule has 1 aromatic rings. The molecule has 0 aromatic heterocycles. The van der Waals surface area contributed by atoms with E-state index < -0.39 is 20.1 Å². The Balaban J connectivity index is 0.000000515. The van der Waals surface area contributed by atoms with Crippen LogP contribution < -0.4 is 15.4 Å². The van der Waals surface area contributed by atoms with Crippen LogP contribution in [0.15, 0.2) is 24.3 Å². The average Bonchev–Trinajstić information content (AvgIpc) is 2.47. The van der Waals surface area contributed by atoms with Crippen LogP contribution in [0.3, 0.4) is 0 Å². The monoisotopic (exact) mass is 392 g/mol. The molecule has 0 bridgehead atoms. The molecule has 0 fully saturated rings. The minimum absolute atomic E-state index is 0.103. The van der Waals surface area contributed by atoms with Gasteiger partial charge >= 0.3 is 94.4 Å². The van der Waals surface area contributed by atoms with Gasteiger partial charge in [0.1, 0.15) is 0 Å². The van der Waals surface area contributed by atoms with Crippen molar-refractivity contribution in [2.24, 2.45) is 5.73 Å². The number of carbonyl (C=O) groups excluding carboxylic acids is 1. The molecule has 6 N–H and O–H groups in total. The number of hydrogen-bond acceptors (Lipinski definition) is 6. The Hall–Kier alpha value is -1.64. The van der Waals surface area contributed by atoms with Crippen LogP contribution in [0.1, 0.15) is 26.2 Å². The fraction of sp³-hybridized carbons (Fsp3) is 0.385. The van der Waals surface area contributed by atoms with Crippen molar-refractivity contribution in [3.8, 4) is 0 Å². The third kappa shape index (κ3) is 9.17. The second-order valence-corrected chi connectivity index (χ2v) is 7.98. The van der Waals surface area contributed by atoms with Crippen molar-refractivity contribution in [2.45, 2.75) is 26.2 Å². The molecule has 130 valence electrons. The van der Waals surface area contributed by atoms with Crippen LogP contribution in [0, 0.1) is 0 Å². The Bertz CT molecular complexity index is 565. The molecule has 0 saturated carbocycles. The van der Waals surface area contributed by atoms with Crippen molar-refractivity contribution in [1.82, 2.24) is 0 Å². The minimum Gasteiger partial charge on any atom is -0.481 e. The average molecular weight is 392 g/mol. The molecule has 1 unspecified atom stereocenters. The van der Waals surface area contributed by atoms with Gasteiger partial charge in [0.2, 0.25) is 0 Å². The third-order valence-electron chi connectivity index (χ3n) is 2.47. The summed E-state index contributed by atoms with van der Waals surface area (Å²) in [6.07, 6.45) is 1.76. The number of nitrogens with one attached hydrogen (secondary N) is 1. The van der Waals surface area contributed by atoms with Gasteiger partial charge in [-0.1, -0.05) is 0 Å². The SMILES string of the molecule is CC(=O)Nc1ccccc1[As](=O)(O)OO.NCCCCC(=O)O. The van der Waals surface area contributed by atoms with Crippen LogP contribution in [0.25, 0.3) is 0 Å². The number of benzene rings is 1. The van der Waals surface area contributed by atoms with Gasteiger partial charge in [-0.15, -0.1) is 0 Å². The van der Waals surface area contributed by atoms with Crippen molar-refractivity contribution in [2.75, 3.05) is 11.9 Å². The first-order valence-electron chi connectivity index (χ1n) is 6.69. The number of carboxylic acids is 1. The van der Waals surface area contributed by atoms with Crippen LogP contribution in [0.2, 0.25) is 0 Å². The van der Waals surface area contributed by atoms with Gasteiger partial charge < -0.3 is 10.8 Å². The standard InChI is InChI=1S/C8H10AsNO5.C5H11NO2/c1-6(11)10-8-5-3-2-4-7(8)9(12,13)15-14;6-4-2-1-3-5(7)8/h2-5,14H,1H3,(H,10,11)(H,12,13);1-4,6H2,(H,7,8). The third-order valence-corrected chi connectivity index (χ3v) is 5.03. The molecular formula is C13H21AsN2O7. The summed E-state index contributed by atoms with van der Waals surface area (Å²) in [6, 6.07) is 5.84. The van der Waals surface area contributed by atoms with Gasteiger partial charge in [-0.25, -0.2) is 0 Å². The van der Waals surface area contributed by atoms with Crippen LogP contribution in [-0.2, 0) is 17.2 Å². The number of unbranched alkanes of at least 4 members (excludes halogenated alkanes) is 1. The summed E-state index contributed by atoms with van der Waals surface area (Å²) >= 11 is -4.92. The number of carboxylic acid groups (broad SMARTS) is 1. The van der Waals surface area contributed by atoms with Gasteiger partial charge in [-0.05, 0) is 19.4 Å². The molecule has 23 heavy (non-hydrogen) atoms. The number of nitrogens with two attached hydrogens (primary N) is 1. The molecule has 0 aliphatic carbocycles. The van der Waals surface area contributed by atoms with E-state index in [4.69, 9.17) is 16.1 Å². The molecule has 10 heteroatoms. The first-order chi connectivity index (χ1) is 10.7. The molecule has 1 atom stereocenters. The van der Waals surface area contributed by atoms with Gasteiger partial charge in [-0.3, -0.25) is 4.79 Å². The summed E-state index contributed by atoms with van der Waals surface area (Å²) in [5.74, 6) is -1.12. The maximum atomic E-state index is 11.4. The van der Waals surface area contributed by atoms with Crippen molar-refractivity contribution in [3.63, 3.8) is 0 Å². The van der Waals surface area contributed by atoms with Gasteiger partial charge in [0, 0.05) is 6.42 Å². The second kappa shape index (κ2) is 11.0. The molecule has 1 rings (SSSR count). The zero-order valence-electron chi connectivity index (χ0n) is 12.6. The maximum Gasteiger partial charge on any atom is 0.303 e. The quantitative estimate of drug-likeness (QED) is 0.186. The van der Waals surface area contributed by atoms with E-state index in [9.17, 15) is 17.4 Å². The minimum atomic E-state index is -4.92. The first-order valence-corrected chi connectivity index (χ1v) is 10.0. The molecular weight excluding hydrogens is 371 g/mol. The van der Waals surface area contributed by atoms with Crippen molar-refractivity contribution < 1.29 is 31.7 Å². The second-order valence-electron chi connectivity index (χ2n) is 4.44. The maximum absolute atomic E-state index is 11.4. The number of carbonyl (C=O) groups is 2. The Labute approximate surface area is 136 Å². The molecule has 0 heterocycles.